The molecule has 2 aromatic heterocycles. The molecular formula is C16H17N3O2S2. The van der Waals surface area contributed by atoms with E-state index in [2.05, 4.69) is 9.82 Å². The van der Waals surface area contributed by atoms with Gasteiger partial charge in [0.2, 0.25) is 10.0 Å². The summed E-state index contributed by atoms with van der Waals surface area (Å²) >= 11 is 1.54. The fraction of sp³-hybridized carbons (Fsp3) is 0.188. The molecule has 2 heterocycles. The van der Waals surface area contributed by atoms with Crippen molar-refractivity contribution < 1.29 is 8.42 Å². The maximum atomic E-state index is 12.6. The summed E-state index contributed by atoms with van der Waals surface area (Å²) in [5.41, 5.74) is 1.08. The molecule has 0 aliphatic carbocycles. The summed E-state index contributed by atoms with van der Waals surface area (Å²) in [7, 11) is -1.92. The molecule has 0 fully saturated rings. The average molecular weight is 347 g/mol. The van der Waals surface area contributed by atoms with Crippen molar-refractivity contribution in [3.8, 4) is 0 Å². The van der Waals surface area contributed by atoms with Crippen LogP contribution in [0.15, 0.2) is 65.1 Å². The number of sulfonamides is 1. The topological polar surface area (TPSA) is 64.0 Å². The predicted octanol–water partition coefficient (Wildman–Crippen LogP) is 2.74. The molecule has 5 nitrogen and oxygen atoms in total. The van der Waals surface area contributed by atoms with Gasteiger partial charge in [-0.3, -0.25) is 4.68 Å². The molecule has 0 aliphatic heterocycles. The van der Waals surface area contributed by atoms with Gasteiger partial charge < -0.3 is 0 Å². The van der Waals surface area contributed by atoms with Gasteiger partial charge in [-0.15, -0.1) is 11.3 Å². The minimum absolute atomic E-state index is 0.176. The number of rotatable bonds is 6. The minimum Gasteiger partial charge on any atom is -0.274 e. The Morgan fingerprint density at radius 2 is 2.00 bits per heavy atom. The first-order valence-electron chi connectivity index (χ1n) is 7.13. The van der Waals surface area contributed by atoms with Gasteiger partial charge in [-0.2, -0.15) is 5.10 Å². The van der Waals surface area contributed by atoms with Gasteiger partial charge in [0.1, 0.15) is 4.90 Å². The highest BCUT2D eigenvalue weighted by molar-refractivity contribution is 7.89. The molecule has 0 saturated heterocycles. The Kier molecular flexibility index (Phi) is 4.61. The number of thiophene rings is 1. The van der Waals surface area contributed by atoms with E-state index in [1.807, 2.05) is 47.8 Å². The molecule has 0 bridgehead atoms. The molecule has 0 amide bonds. The summed E-state index contributed by atoms with van der Waals surface area (Å²) in [5.74, 6) is 0. The van der Waals surface area contributed by atoms with Crippen LogP contribution in [0.1, 0.15) is 16.5 Å². The number of nitrogens with zero attached hydrogens (tertiary/aromatic N) is 2. The Labute approximate surface area is 139 Å². The van der Waals surface area contributed by atoms with E-state index < -0.39 is 10.0 Å². The largest absolute Gasteiger partial charge is 0.274 e. The molecule has 23 heavy (non-hydrogen) atoms. The zero-order chi connectivity index (χ0) is 16.3. The minimum atomic E-state index is -3.61. The monoisotopic (exact) mass is 347 g/mol. The average Bonchev–Trinajstić information content (AvgIpc) is 3.19. The quantitative estimate of drug-likeness (QED) is 0.746. The van der Waals surface area contributed by atoms with E-state index in [1.165, 1.54) is 17.1 Å². The zero-order valence-electron chi connectivity index (χ0n) is 12.6. The summed E-state index contributed by atoms with van der Waals surface area (Å²) < 4.78 is 29.4. The van der Waals surface area contributed by atoms with E-state index in [0.29, 0.717) is 6.42 Å². The Balaban J connectivity index is 1.87. The van der Waals surface area contributed by atoms with Gasteiger partial charge in [0.15, 0.2) is 0 Å². The van der Waals surface area contributed by atoms with Gasteiger partial charge >= 0.3 is 0 Å². The van der Waals surface area contributed by atoms with Crippen molar-refractivity contribution in [1.82, 2.24) is 14.5 Å². The van der Waals surface area contributed by atoms with Crippen LogP contribution < -0.4 is 4.72 Å². The third-order valence-electron chi connectivity index (χ3n) is 3.46. The molecule has 0 aliphatic rings. The Hall–Kier alpha value is -1.96. The van der Waals surface area contributed by atoms with Crippen molar-refractivity contribution in [3.63, 3.8) is 0 Å². The van der Waals surface area contributed by atoms with Crippen LogP contribution in [0.3, 0.4) is 0 Å². The van der Waals surface area contributed by atoms with E-state index in [0.717, 1.165) is 10.4 Å². The van der Waals surface area contributed by atoms with Crippen LogP contribution in [0.5, 0.6) is 0 Å². The number of aromatic nitrogens is 2. The molecule has 3 rings (SSSR count). The zero-order valence-corrected chi connectivity index (χ0v) is 14.2. The van der Waals surface area contributed by atoms with E-state index in [9.17, 15) is 8.42 Å². The molecule has 1 atom stereocenters. The number of hydrogen-bond donors (Lipinski definition) is 1. The predicted molar refractivity (Wildman–Crippen MR) is 90.7 cm³/mol. The van der Waals surface area contributed by atoms with Gasteiger partial charge in [0, 0.05) is 18.1 Å². The van der Waals surface area contributed by atoms with Gasteiger partial charge in [-0.05, 0) is 23.4 Å². The first kappa shape index (κ1) is 15.9. The van der Waals surface area contributed by atoms with Crippen molar-refractivity contribution in [2.24, 2.45) is 7.05 Å². The Morgan fingerprint density at radius 3 is 2.61 bits per heavy atom. The Bertz CT molecular complexity index is 856. The van der Waals surface area contributed by atoms with Gasteiger partial charge in [-0.25, -0.2) is 13.1 Å². The highest BCUT2D eigenvalue weighted by Gasteiger charge is 2.23. The summed E-state index contributed by atoms with van der Waals surface area (Å²) in [6.07, 6.45) is 3.45. The second-order valence-corrected chi connectivity index (χ2v) is 7.92. The first-order valence-corrected chi connectivity index (χ1v) is 9.49. The Morgan fingerprint density at radius 1 is 1.22 bits per heavy atom. The molecule has 1 aromatic carbocycles. The summed E-state index contributed by atoms with van der Waals surface area (Å²) in [4.78, 5) is 1.16. The van der Waals surface area contributed by atoms with Crippen LogP contribution in [0, 0.1) is 0 Å². The third-order valence-corrected chi connectivity index (χ3v) is 5.87. The maximum absolute atomic E-state index is 12.6. The van der Waals surface area contributed by atoms with Crippen molar-refractivity contribution in [3.05, 3.63) is 70.7 Å². The molecule has 0 unspecified atom stereocenters. The third kappa shape index (κ3) is 3.87. The summed E-state index contributed by atoms with van der Waals surface area (Å²) in [5, 5.41) is 5.89. The molecule has 0 spiro atoms. The fourth-order valence-electron chi connectivity index (χ4n) is 2.33. The van der Waals surface area contributed by atoms with Crippen molar-refractivity contribution in [2.45, 2.75) is 17.4 Å². The molecule has 1 N–H and O–H groups in total. The smallest absolute Gasteiger partial charge is 0.244 e. The fourth-order valence-corrected chi connectivity index (χ4v) is 4.38. The SMILES string of the molecule is Cn1cc(S(=O)(=O)N[C@H](Cc2ccccc2)c2cccs2)cn1. The van der Waals surface area contributed by atoms with Crippen molar-refractivity contribution in [2.75, 3.05) is 0 Å². The molecule has 120 valence electrons. The van der Waals surface area contributed by atoms with Crippen molar-refractivity contribution in [1.29, 1.82) is 0 Å². The molecule has 3 aromatic rings. The van der Waals surface area contributed by atoms with Crippen LogP contribution in [0.25, 0.3) is 0 Å². The van der Waals surface area contributed by atoms with E-state index in [1.54, 1.807) is 18.4 Å². The van der Waals surface area contributed by atoms with E-state index in [4.69, 9.17) is 0 Å². The number of nitrogens with one attached hydrogen (secondary N) is 1. The van der Waals surface area contributed by atoms with Crippen molar-refractivity contribution >= 4 is 21.4 Å². The first-order chi connectivity index (χ1) is 11.0. The molecule has 7 heteroatoms. The lowest BCUT2D eigenvalue weighted by atomic mass is 10.1. The van der Waals surface area contributed by atoms with Gasteiger partial charge in [-0.1, -0.05) is 36.4 Å². The van der Waals surface area contributed by atoms with E-state index >= 15 is 0 Å². The maximum Gasteiger partial charge on any atom is 0.244 e. The van der Waals surface area contributed by atoms with Gasteiger partial charge in [0.25, 0.3) is 0 Å². The second kappa shape index (κ2) is 6.66. The highest BCUT2D eigenvalue weighted by Crippen LogP contribution is 2.25. The van der Waals surface area contributed by atoms with Crippen LogP contribution in [-0.4, -0.2) is 18.2 Å². The molecular weight excluding hydrogens is 330 g/mol. The van der Waals surface area contributed by atoms with Crippen LogP contribution in [0.4, 0.5) is 0 Å². The summed E-state index contributed by atoms with van der Waals surface area (Å²) in [6, 6.07) is 13.4. The normalized spacial score (nSPS) is 13.1. The second-order valence-electron chi connectivity index (χ2n) is 5.23. The number of benzene rings is 1. The standard InChI is InChI=1S/C16H17N3O2S2/c1-19-12-14(11-17-19)23(20,21)18-15(16-8-5-9-22-16)10-13-6-3-2-4-7-13/h2-9,11-12,15,18H,10H2,1H3/t15-/m1/s1. The summed E-state index contributed by atoms with van der Waals surface area (Å²) in [6.45, 7) is 0. The van der Waals surface area contributed by atoms with E-state index in [-0.39, 0.29) is 10.9 Å². The number of aryl methyl sites for hydroxylation is 1. The van der Waals surface area contributed by atoms with Gasteiger partial charge in [0.05, 0.1) is 12.2 Å². The lowest BCUT2D eigenvalue weighted by Gasteiger charge is -2.17. The number of hydrogen-bond acceptors (Lipinski definition) is 4. The molecule has 0 radical (unpaired) electrons. The van der Waals surface area contributed by atoms with Crippen LogP contribution >= 0.6 is 11.3 Å². The molecule has 0 saturated carbocycles. The highest BCUT2D eigenvalue weighted by atomic mass is 32.2. The lowest BCUT2D eigenvalue weighted by Crippen LogP contribution is -2.29. The van der Waals surface area contributed by atoms with Crippen LogP contribution in [-0.2, 0) is 23.5 Å². The van der Waals surface area contributed by atoms with Crippen LogP contribution in [0.2, 0.25) is 0 Å². The lowest BCUT2D eigenvalue weighted by molar-refractivity contribution is 0.557.